The van der Waals surface area contributed by atoms with Gasteiger partial charge >= 0.3 is 0 Å². The molecule has 0 radical (unpaired) electrons. The fraction of sp³-hybridized carbons (Fsp3) is 0.375. The van der Waals surface area contributed by atoms with E-state index in [4.69, 9.17) is 4.42 Å². The minimum absolute atomic E-state index is 0.0237. The van der Waals surface area contributed by atoms with E-state index in [-0.39, 0.29) is 5.56 Å². The summed E-state index contributed by atoms with van der Waals surface area (Å²) < 4.78 is 34.4. The van der Waals surface area contributed by atoms with Crippen molar-refractivity contribution in [3.8, 4) is 0 Å². The van der Waals surface area contributed by atoms with Crippen molar-refractivity contribution >= 4 is 15.9 Å². The molecule has 5 heteroatoms. The second kappa shape index (κ2) is 6.71. The van der Waals surface area contributed by atoms with Gasteiger partial charge in [-0.25, -0.2) is 8.78 Å². The lowest BCUT2D eigenvalue weighted by atomic mass is 9.97. The van der Waals surface area contributed by atoms with Gasteiger partial charge in [0.15, 0.2) is 0 Å². The van der Waals surface area contributed by atoms with E-state index in [2.05, 4.69) is 21.2 Å². The average molecular weight is 358 g/mol. The number of furan rings is 1. The normalized spacial score (nSPS) is 12.7. The Labute approximate surface area is 131 Å². The van der Waals surface area contributed by atoms with Crippen LogP contribution in [0.3, 0.4) is 0 Å². The molecule has 0 aliphatic rings. The zero-order valence-electron chi connectivity index (χ0n) is 12.3. The van der Waals surface area contributed by atoms with Crippen molar-refractivity contribution in [3.05, 3.63) is 57.0 Å². The standard InChI is InChI=1S/C16H18BrF2NO/c1-4-5-20-16(12-6-9(2)21-10(12)3)15-13(18)7-11(17)8-14(15)19/h6-8,16,20H,4-5H2,1-3H3. The highest BCUT2D eigenvalue weighted by Gasteiger charge is 2.25. The topological polar surface area (TPSA) is 25.2 Å². The summed E-state index contributed by atoms with van der Waals surface area (Å²) in [4.78, 5) is 0. The van der Waals surface area contributed by atoms with Crippen LogP contribution in [0, 0.1) is 25.5 Å². The highest BCUT2D eigenvalue weighted by molar-refractivity contribution is 9.10. The molecule has 21 heavy (non-hydrogen) atoms. The Balaban J connectivity index is 2.53. The number of aryl methyl sites for hydroxylation is 2. The maximum absolute atomic E-state index is 14.3. The van der Waals surface area contributed by atoms with Crippen LogP contribution in [0.4, 0.5) is 8.78 Å². The van der Waals surface area contributed by atoms with Gasteiger partial charge in [-0.3, -0.25) is 0 Å². The molecule has 1 heterocycles. The summed E-state index contributed by atoms with van der Waals surface area (Å²) in [5, 5.41) is 3.20. The molecule has 114 valence electrons. The van der Waals surface area contributed by atoms with Gasteiger partial charge in [-0.05, 0) is 45.0 Å². The van der Waals surface area contributed by atoms with E-state index in [0.29, 0.717) is 16.8 Å². The molecular formula is C16H18BrF2NO. The summed E-state index contributed by atoms with van der Waals surface area (Å²) in [6.07, 6.45) is 0.867. The number of halogens is 3. The third-order valence-corrected chi connectivity index (χ3v) is 3.78. The first kappa shape index (κ1) is 16.2. The average Bonchev–Trinajstić information content (AvgIpc) is 2.71. The molecule has 0 saturated carbocycles. The molecule has 0 spiro atoms. The van der Waals surface area contributed by atoms with Crippen LogP contribution in [0.5, 0.6) is 0 Å². The minimum atomic E-state index is -0.575. The first-order valence-electron chi connectivity index (χ1n) is 6.88. The van der Waals surface area contributed by atoms with Crippen LogP contribution in [0.1, 0.15) is 42.0 Å². The number of hydrogen-bond donors (Lipinski definition) is 1. The van der Waals surface area contributed by atoms with Gasteiger partial charge in [0.25, 0.3) is 0 Å². The van der Waals surface area contributed by atoms with Crippen molar-refractivity contribution < 1.29 is 13.2 Å². The van der Waals surface area contributed by atoms with Gasteiger partial charge in [0.05, 0.1) is 6.04 Å². The van der Waals surface area contributed by atoms with Crippen molar-refractivity contribution in [1.29, 1.82) is 0 Å². The maximum atomic E-state index is 14.3. The second-order valence-corrected chi connectivity index (χ2v) is 5.95. The maximum Gasteiger partial charge on any atom is 0.132 e. The van der Waals surface area contributed by atoms with Crippen LogP contribution >= 0.6 is 15.9 Å². The van der Waals surface area contributed by atoms with Gasteiger partial charge in [-0.15, -0.1) is 0 Å². The minimum Gasteiger partial charge on any atom is -0.466 e. The summed E-state index contributed by atoms with van der Waals surface area (Å²) in [6.45, 7) is 6.29. The van der Waals surface area contributed by atoms with Crippen LogP contribution in [-0.4, -0.2) is 6.54 Å². The summed E-state index contributed by atoms with van der Waals surface area (Å²) in [6, 6.07) is 3.82. The Kier molecular flexibility index (Phi) is 5.17. The van der Waals surface area contributed by atoms with Gasteiger partial charge in [0.1, 0.15) is 23.2 Å². The fourth-order valence-electron chi connectivity index (χ4n) is 2.42. The smallest absolute Gasteiger partial charge is 0.132 e. The largest absolute Gasteiger partial charge is 0.466 e. The number of nitrogens with one attached hydrogen (secondary N) is 1. The molecule has 1 aromatic carbocycles. The molecule has 1 N–H and O–H groups in total. The molecule has 0 amide bonds. The highest BCUT2D eigenvalue weighted by atomic mass is 79.9. The SMILES string of the molecule is CCCNC(c1cc(C)oc1C)c1c(F)cc(Br)cc1F. The summed E-state index contributed by atoms with van der Waals surface area (Å²) in [7, 11) is 0. The van der Waals surface area contributed by atoms with Gasteiger partial charge in [-0.1, -0.05) is 22.9 Å². The van der Waals surface area contributed by atoms with Gasteiger partial charge in [0, 0.05) is 15.6 Å². The predicted molar refractivity (Wildman–Crippen MR) is 82.4 cm³/mol. The van der Waals surface area contributed by atoms with Crippen LogP contribution in [0.2, 0.25) is 0 Å². The van der Waals surface area contributed by atoms with Crippen LogP contribution in [0.15, 0.2) is 27.1 Å². The Bertz CT molecular complexity index is 616. The van der Waals surface area contributed by atoms with Gasteiger partial charge in [0.2, 0.25) is 0 Å². The number of rotatable bonds is 5. The second-order valence-electron chi connectivity index (χ2n) is 5.04. The number of hydrogen-bond acceptors (Lipinski definition) is 2. The molecule has 1 aromatic heterocycles. The molecule has 0 aliphatic carbocycles. The first-order valence-corrected chi connectivity index (χ1v) is 7.68. The van der Waals surface area contributed by atoms with E-state index < -0.39 is 17.7 Å². The van der Waals surface area contributed by atoms with E-state index in [0.717, 1.165) is 17.7 Å². The molecule has 1 unspecified atom stereocenters. The van der Waals surface area contributed by atoms with E-state index in [1.807, 2.05) is 19.9 Å². The number of benzene rings is 1. The molecule has 0 fully saturated rings. The van der Waals surface area contributed by atoms with Gasteiger partial charge in [-0.2, -0.15) is 0 Å². The molecule has 2 rings (SSSR count). The van der Waals surface area contributed by atoms with E-state index >= 15 is 0 Å². The lowest BCUT2D eigenvalue weighted by Gasteiger charge is -2.20. The first-order chi connectivity index (χ1) is 9.93. The Hall–Kier alpha value is -1.20. The summed E-state index contributed by atoms with van der Waals surface area (Å²) in [5.74, 6) is 0.244. The van der Waals surface area contributed by atoms with Crippen LogP contribution in [0.25, 0.3) is 0 Å². The molecule has 0 saturated heterocycles. The highest BCUT2D eigenvalue weighted by Crippen LogP contribution is 2.32. The molecule has 1 atom stereocenters. The fourth-order valence-corrected chi connectivity index (χ4v) is 2.82. The van der Waals surface area contributed by atoms with Crippen molar-refractivity contribution in [2.24, 2.45) is 0 Å². The Morgan fingerprint density at radius 2 is 1.81 bits per heavy atom. The van der Waals surface area contributed by atoms with Crippen molar-refractivity contribution in [3.63, 3.8) is 0 Å². The quantitative estimate of drug-likeness (QED) is 0.811. The third kappa shape index (κ3) is 3.52. The third-order valence-electron chi connectivity index (χ3n) is 3.32. The lowest BCUT2D eigenvalue weighted by Crippen LogP contribution is -2.25. The van der Waals surface area contributed by atoms with Crippen molar-refractivity contribution in [2.45, 2.75) is 33.2 Å². The van der Waals surface area contributed by atoms with E-state index in [1.54, 1.807) is 6.92 Å². The van der Waals surface area contributed by atoms with Gasteiger partial charge < -0.3 is 9.73 Å². The van der Waals surface area contributed by atoms with E-state index in [1.165, 1.54) is 12.1 Å². The van der Waals surface area contributed by atoms with Crippen LogP contribution < -0.4 is 5.32 Å². The predicted octanol–water partition coefficient (Wildman–Crippen LogP) is 5.03. The zero-order chi connectivity index (χ0) is 15.6. The van der Waals surface area contributed by atoms with Crippen molar-refractivity contribution in [2.75, 3.05) is 6.54 Å². The lowest BCUT2D eigenvalue weighted by molar-refractivity contribution is 0.478. The Morgan fingerprint density at radius 3 is 2.29 bits per heavy atom. The molecule has 2 aromatic rings. The summed E-state index contributed by atoms with van der Waals surface area (Å²) in [5.41, 5.74) is 0.789. The van der Waals surface area contributed by atoms with E-state index in [9.17, 15) is 8.78 Å². The zero-order valence-corrected chi connectivity index (χ0v) is 13.9. The molecule has 0 aliphatic heterocycles. The monoisotopic (exact) mass is 357 g/mol. The molecule has 2 nitrogen and oxygen atoms in total. The van der Waals surface area contributed by atoms with Crippen molar-refractivity contribution in [1.82, 2.24) is 5.32 Å². The molecule has 0 bridgehead atoms. The summed E-state index contributed by atoms with van der Waals surface area (Å²) >= 11 is 3.10. The molecular weight excluding hydrogens is 340 g/mol. The Morgan fingerprint density at radius 1 is 1.19 bits per heavy atom. The van der Waals surface area contributed by atoms with Crippen LogP contribution in [-0.2, 0) is 0 Å².